The molecule has 39 heavy (non-hydrogen) atoms. The van der Waals surface area contributed by atoms with Gasteiger partial charge >= 0.3 is 0 Å². The molecule has 0 radical (unpaired) electrons. The number of hydrogen-bond donors (Lipinski definition) is 0. The van der Waals surface area contributed by atoms with Gasteiger partial charge in [-0.15, -0.1) is 0 Å². The summed E-state index contributed by atoms with van der Waals surface area (Å²) in [6.07, 6.45) is 0. The van der Waals surface area contributed by atoms with Crippen LogP contribution in [0.2, 0.25) is 0 Å². The van der Waals surface area contributed by atoms with Gasteiger partial charge in [-0.25, -0.2) is 10.1 Å². The molecule has 0 bridgehead atoms. The number of fused-ring (bicyclic) bond motifs is 10. The number of allylic oxidation sites excluding steroid dienone is 1. The third-order valence-corrected chi connectivity index (χ3v) is 8.16. The Morgan fingerprint density at radius 2 is 1.23 bits per heavy atom. The van der Waals surface area contributed by atoms with E-state index in [0.717, 1.165) is 61.9 Å². The number of benzene rings is 5. The van der Waals surface area contributed by atoms with E-state index >= 15 is 0 Å². The van der Waals surface area contributed by atoms with Crippen LogP contribution in [0.5, 0.6) is 11.5 Å². The minimum absolute atomic E-state index is 0.0998. The van der Waals surface area contributed by atoms with Crippen molar-refractivity contribution in [3.8, 4) is 17.6 Å². The van der Waals surface area contributed by atoms with E-state index in [9.17, 15) is 5.26 Å². The summed E-state index contributed by atoms with van der Waals surface area (Å²) in [5.74, 6) is 1.62. The standard InChI is InChI=1S/C35H19N3O/c1-37-28(21-36)33-22-11-2-4-13-24(22)35(25-14-5-3-12-23(25)33)26-15-6-7-17-29(26)38-30-18-8-9-19-31(30)39-32-20-10-16-27(35)34(32)38/h2-20H. The Labute approximate surface area is 226 Å². The van der Waals surface area contributed by atoms with Crippen LogP contribution in [0.1, 0.15) is 33.4 Å². The molecule has 5 aromatic rings. The molecule has 2 aliphatic heterocycles. The first-order valence-corrected chi connectivity index (χ1v) is 12.8. The molecule has 1 aliphatic carbocycles. The first-order chi connectivity index (χ1) is 19.3. The summed E-state index contributed by atoms with van der Waals surface area (Å²) in [6, 6.07) is 41.6. The lowest BCUT2D eigenvalue weighted by molar-refractivity contribution is 0.473. The first kappa shape index (κ1) is 21.5. The number of nitrogens with zero attached hydrogens (tertiary/aromatic N) is 3. The summed E-state index contributed by atoms with van der Waals surface area (Å²) in [4.78, 5) is 5.98. The average molecular weight is 498 g/mol. The Morgan fingerprint density at radius 1 is 0.667 bits per heavy atom. The van der Waals surface area contributed by atoms with Crippen LogP contribution in [0.4, 0.5) is 17.1 Å². The van der Waals surface area contributed by atoms with E-state index in [1.807, 2.05) is 60.7 Å². The van der Waals surface area contributed by atoms with E-state index in [4.69, 9.17) is 11.3 Å². The third kappa shape index (κ3) is 2.55. The van der Waals surface area contributed by atoms with Gasteiger partial charge in [0.25, 0.3) is 5.70 Å². The predicted octanol–water partition coefficient (Wildman–Crippen LogP) is 8.47. The van der Waals surface area contributed by atoms with Crippen molar-refractivity contribution in [2.45, 2.75) is 5.41 Å². The number of hydrogen-bond acceptors (Lipinski definition) is 3. The van der Waals surface area contributed by atoms with Crippen LogP contribution in [-0.4, -0.2) is 0 Å². The lowest BCUT2D eigenvalue weighted by atomic mass is 9.56. The fourth-order valence-electron chi connectivity index (χ4n) is 6.80. The summed E-state index contributed by atoms with van der Waals surface area (Å²) >= 11 is 0. The lowest BCUT2D eigenvalue weighted by Gasteiger charge is -2.50. The highest BCUT2D eigenvalue weighted by atomic mass is 16.5. The van der Waals surface area contributed by atoms with Crippen LogP contribution in [0.25, 0.3) is 10.4 Å². The van der Waals surface area contributed by atoms with Crippen molar-refractivity contribution in [2.75, 3.05) is 4.90 Å². The molecule has 0 N–H and O–H groups in total. The van der Waals surface area contributed by atoms with Crippen LogP contribution >= 0.6 is 0 Å². The number of para-hydroxylation sites is 4. The maximum atomic E-state index is 10.0. The highest BCUT2D eigenvalue weighted by Gasteiger charge is 2.52. The van der Waals surface area contributed by atoms with Gasteiger partial charge in [-0.05, 0) is 57.6 Å². The number of rotatable bonds is 0. The highest BCUT2D eigenvalue weighted by molar-refractivity contribution is 6.00. The van der Waals surface area contributed by atoms with Crippen LogP contribution < -0.4 is 9.64 Å². The largest absolute Gasteiger partial charge is 0.453 e. The molecule has 4 nitrogen and oxygen atoms in total. The topological polar surface area (TPSA) is 40.6 Å². The molecule has 5 aromatic carbocycles. The van der Waals surface area contributed by atoms with Gasteiger partial charge in [0.1, 0.15) is 0 Å². The number of ether oxygens (including phenoxy) is 1. The summed E-state index contributed by atoms with van der Waals surface area (Å²) in [5.41, 5.74) is 9.35. The Bertz CT molecular complexity index is 1920. The molecule has 0 saturated carbocycles. The minimum Gasteiger partial charge on any atom is -0.453 e. The second kappa shape index (κ2) is 7.71. The van der Waals surface area contributed by atoms with Gasteiger partial charge in [0.05, 0.1) is 35.1 Å². The van der Waals surface area contributed by atoms with Crippen molar-refractivity contribution in [2.24, 2.45) is 0 Å². The van der Waals surface area contributed by atoms with E-state index in [1.165, 1.54) is 0 Å². The zero-order valence-corrected chi connectivity index (χ0v) is 20.7. The van der Waals surface area contributed by atoms with E-state index in [0.29, 0.717) is 5.57 Å². The van der Waals surface area contributed by atoms with Gasteiger partial charge in [-0.2, -0.15) is 0 Å². The molecule has 1 spiro atoms. The Morgan fingerprint density at radius 3 is 1.92 bits per heavy atom. The van der Waals surface area contributed by atoms with Gasteiger partial charge in [0.15, 0.2) is 11.5 Å². The minimum atomic E-state index is -0.687. The smallest absolute Gasteiger partial charge is 0.270 e. The Balaban J connectivity index is 1.60. The van der Waals surface area contributed by atoms with E-state index < -0.39 is 5.41 Å². The molecule has 3 aliphatic rings. The highest BCUT2D eigenvalue weighted by Crippen LogP contribution is 2.65. The number of nitriles is 1. The normalized spacial score (nSPS) is 16.9. The molecule has 0 atom stereocenters. The fourth-order valence-corrected chi connectivity index (χ4v) is 6.80. The average Bonchev–Trinajstić information content (AvgIpc) is 3.00. The molecule has 0 unspecified atom stereocenters. The fraction of sp³-hybridized carbons (Fsp3) is 0.0286. The van der Waals surface area contributed by atoms with E-state index in [2.05, 4.69) is 70.4 Å². The van der Waals surface area contributed by atoms with Crippen LogP contribution in [0.3, 0.4) is 0 Å². The van der Waals surface area contributed by atoms with E-state index in [-0.39, 0.29) is 5.70 Å². The van der Waals surface area contributed by atoms with Crippen molar-refractivity contribution < 1.29 is 4.74 Å². The van der Waals surface area contributed by atoms with Crippen molar-refractivity contribution in [1.82, 2.24) is 0 Å². The SMILES string of the molecule is [C-]#[N+]C(C#N)=C1c2ccccc2C2(c3ccccc31)c1ccccc1N1c3ccccc3Oc3cccc2c31. The molecule has 0 saturated heterocycles. The Hall–Kier alpha value is -5.58. The molecule has 8 rings (SSSR count). The zero-order valence-electron chi connectivity index (χ0n) is 20.7. The first-order valence-electron chi connectivity index (χ1n) is 12.8. The second-order valence-corrected chi connectivity index (χ2v) is 9.86. The molecule has 180 valence electrons. The van der Waals surface area contributed by atoms with Gasteiger partial charge in [0.2, 0.25) is 0 Å². The van der Waals surface area contributed by atoms with Crippen molar-refractivity contribution >= 4 is 22.6 Å². The van der Waals surface area contributed by atoms with Crippen molar-refractivity contribution in [1.29, 1.82) is 5.26 Å². The number of anilines is 3. The molecule has 0 amide bonds. The van der Waals surface area contributed by atoms with Gasteiger partial charge < -0.3 is 9.64 Å². The monoisotopic (exact) mass is 497 g/mol. The zero-order chi connectivity index (χ0) is 26.1. The maximum absolute atomic E-state index is 10.0. The quantitative estimate of drug-likeness (QED) is 0.156. The molecule has 0 fully saturated rings. The second-order valence-electron chi connectivity index (χ2n) is 9.86. The van der Waals surface area contributed by atoms with E-state index in [1.54, 1.807) is 0 Å². The van der Waals surface area contributed by atoms with Crippen molar-refractivity contribution in [3.63, 3.8) is 0 Å². The molecular weight excluding hydrogens is 478 g/mol. The van der Waals surface area contributed by atoms with Crippen molar-refractivity contribution in [3.05, 3.63) is 166 Å². The summed E-state index contributed by atoms with van der Waals surface area (Å²) in [5, 5.41) is 10.0. The Kier molecular flexibility index (Phi) is 4.25. The lowest BCUT2D eigenvalue weighted by Crippen LogP contribution is -2.41. The summed E-state index contributed by atoms with van der Waals surface area (Å²) < 4.78 is 6.51. The predicted molar refractivity (Wildman–Crippen MR) is 151 cm³/mol. The molecular formula is C35H19N3O. The van der Waals surface area contributed by atoms with Crippen LogP contribution in [0, 0.1) is 17.9 Å². The molecule has 0 aromatic heterocycles. The molecule has 2 heterocycles. The van der Waals surface area contributed by atoms with Gasteiger partial charge in [-0.3, -0.25) is 0 Å². The van der Waals surface area contributed by atoms with Gasteiger partial charge in [0, 0.05) is 5.57 Å². The molecule has 4 heteroatoms. The summed E-state index contributed by atoms with van der Waals surface area (Å²) in [7, 11) is 0. The third-order valence-electron chi connectivity index (χ3n) is 8.16. The van der Waals surface area contributed by atoms with Crippen LogP contribution in [-0.2, 0) is 5.41 Å². The summed E-state index contributed by atoms with van der Waals surface area (Å²) in [6.45, 7) is 7.83. The van der Waals surface area contributed by atoms with Crippen LogP contribution in [0.15, 0.2) is 121 Å². The van der Waals surface area contributed by atoms with Gasteiger partial charge in [-0.1, -0.05) is 91.0 Å². The maximum Gasteiger partial charge on any atom is 0.270 e.